The van der Waals surface area contributed by atoms with Crippen LogP contribution in [0.25, 0.3) is 88.2 Å². The molecule has 0 amide bonds. The Balaban J connectivity index is 1.50. The highest BCUT2D eigenvalue weighted by Crippen LogP contribution is 2.50. The lowest BCUT2D eigenvalue weighted by atomic mass is 9.97. The van der Waals surface area contributed by atoms with Gasteiger partial charge in [0.05, 0.1) is 22.8 Å². The normalized spacial score (nSPS) is 13.8. The Morgan fingerprint density at radius 3 is 1.56 bits per heavy atom. The topological polar surface area (TPSA) is 57.4 Å². The second kappa shape index (κ2) is 10.6. The number of nitrogens with zero attached hydrogens (tertiary/aromatic N) is 2. The molecule has 0 saturated carbocycles. The van der Waals surface area contributed by atoms with Crippen molar-refractivity contribution in [3.8, 4) is 22.3 Å². The fourth-order valence-corrected chi connectivity index (χ4v) is 8.76. The number of hydrogen-bond donors (Lipinski definition) is 2. The summed E-state index contributed by atoms with van der Waals surface area (Å²) in [5.41, 5.74) is 21.8. The van der Waals surface area contributed by atoms with E-state index in [9.17, 15) is 0 Å². The average Bonchev–Trinajstić information content (AvgIpc) is 3.86. The van der Waals surface area contributed by atoms with E-state index in [-0.39, 0.29) is 0 Å². The summed E-state index contributed by atoms with van der Waals surface area (Å²) in [6.07, 6.45) is 3.77. The van der Waals surface area contributed by atoms with Gasteiger partial charge in [-0.15, -0.1) is 0 Å². The SMILES string of the molecule is CCC1=C(C)c2cc3[nH]c(cc4nc(cc5[nH]c(cc1n2)c1cc2c6c(cccc6c51)-c1ccccc1-2)C(CC)=C4C)c(CC)c3CC. The third-order valence-corrected chi connectivity index (χ3v) is 11.1. The van der Waals surface area contributed by atoms with Crippen molar-refractivity contribution in [3.05, 3.63) is 107 Å². The summed E-state index contributed by atoms with van der Waals surface area (Å²) < 4.78 is 0. The summed E-state index contributed by atoms with van der Waals surface area (Å²) in [5, 5.41) is 5.08. The van der Waals surface area contributed by atoms with Gasteiger partial charge in [-0.3, -0.25) is 0 Å². The van der Waals surface area contributed by atoms with Crippen molar-refractivity contribution in [1.82, 2.24) is 19.9 Å². The van der Waals surface area contributed by atoms with Crippen LogP contribution in [0.2, 0.25) is 0 Å². The number of nitrogens with one attached hydrogen (secondary N) is 2. The van der Waals surface area contributed by atoms with Gasteiger partial charge in [0.15, 0.2) is 0 Å². The van der Waals surface area contributed by atoms with Gasteiger partial charge in [-0.1, -0.05) is 70.2 Å². The zero-order valence-electron chi connectivity index (χ0n) is 28.7. The Morgan fingerprint density at radius 2 is 0.979 bits per heavy atom. The van der Waals surface area contributed by atoms with E-state index in [1.165, 1.54) is 77.2 Å². The van der Waals surface area contributed by atoms with Gasteiger partial charge in [0, 0.05) is 32.8 Å². The number of allylic oxidation sites excluding steroid dienone is 4. The summed E-state index contributed by atoms with van der Waals surface area (Å²) in [4.78, 5) is 18.4. The highest BCUT2D eigenvalue weighted by Gasteiger charge is 2.25. The molecule has 0 saturated heterocycles. The van der Waals surface area contributed by atoms with E-state index in [0.29, 0.717) is 0 Å². The van der Waals surface area contributed by atoms with E-state index >= 15 is 0 Å². The Hall–Kier alpha value is -5.22. The van der Waals surface area contributed by atoms with E-state index in [2.05, 4.69) is 124 Å². The molecule has 0 unspecified atom stereocenters. The molecule has 3 aliphatic rings. The van der Waals surface area contributed by atoms with Gasteiger partial charge in [0.25, 0.3) is 0 Å². The summed E-state index contributed by atoms with van der Waals surface area (Å²) in [6.45, 7) is 13.5. The lowest BCUT2D eigenvalue weighted by molar-refractivity contribution is 1.07. The molecule has 8 bridgehead atoms. The number of fused-ring (bicyclic) bond motifs is 15. The fourth-order valence-electron chi connectivity index (χ4n) is 8.76. The summed E-state index contributed by atoms with van der Waals surface area (Å²) in [6, 6.07) is 27.2. The van der Waals surface area contributed by atoms with Crippen LogP contribution in [0.4, 0.5) is 0 Å². The third-order valence-electron chi connectivity index (χ3n) is 11.1. The molecule has 5 heterocycles. The zero-order valence-corrected chi connectivity index (χ0v) is 28.7. The predicted octanol–water partition coefficient (Wildman–Crippen LogP) is 12.1. The van der Waals surface area contributed by atoms with Gasteiger partial charge in [-0.25, -0.2) is 9.97 Å². The number of hydrogen-bond acceptors (Lipinski definition) is 2. The molecule has 4 nitrogen and oxygen atoms in total. The van der Waals surface area contributed by atoms with Crippen LogP contribution in [0, 0.1) is 0 Å². The average molecular weight is 625 g/mol. The second-order valence-electron chi connectivity index (χ2n) is 13.4. The van der Waals surface area contributed by atoms with Crippen LogP contribution in [0.3, 0.4) is 0 Å². The van der Waals surface area contributed by atoms with Crippen molar-refractivity contribution in [3.63, 3.8) is 0 Å². The largest absolute Gasteiger partial charge is 0.355 e. The summed E-state index contributed by atoms with van der Waals surface area (Å²) in [7, 11) is 0. The van der Waals surface area contributed by atoms with Crippen LogP contribution in [-0.4, -0.2) is 19.9 Å². The number of benzene rings is 3. The lowest BCUT2D eigenvalue weighted by Crippen LogP contribution is -1.86. The Morgan fingerprint density at radius 1 is 0.458 bits per heavy atom. The number of aromatic nitrogens is 4. The number of aryl methyl sites for hydroxylation is 2. The second-order valence-corrected chi connectivity index (χ2v) is 13.4. The van der Waals surface area contributed by atoms with Crippen LogP contribution in [-0.2, 0) is 12.8 Å². The van der Waals surface area contributed by atoms with Crippen molar-refractivity contribution in [2.24, 2.45) is 0 Å². The highest BCUT2D eigenvalue weighted by atomic mass is 14.8. The molecular formula is C44H40N4. The monoisotopic (exact) mass is 624 g/mol. The molecule has 9 rings (SSSR count). The molecule has 0 radical (unpaired) electrons. The zero-order chi connectivity index (χ0) is 32.8. The number of H-pyrrole nitrogens is 2. The van der Waals surface area contributed by atoms with Gasteiger partial charge >= 0.3 is 0 Å². The van der Waals surface area contributed by atoms with Crippen LogP contribution < -0.4 is 0 Å². The number of rotatable bonds is 4. The summed E-state index contributed by atoms with van der Waals surface area (Å²) in [5.74, 6) is 0. The van der Waals surface area contributed by atoms with Crippen molar-refractivity contribution < 1.29 is 0 Å². The highest BCUT2D eigenvalue weighted by molar-refractivity contribution is 6.29. The number of aromatic amines is 2. The molecule has 48 heavy (non-hydrogen) atoms. The molecule has 2 N–H and O–H groups in total. The van der Waals surface area contributed by atoms with Crippen LogP contribution in [0.1, 0.15) is 88.3 Å². The van der Waals surface area contributed by atoms with E-state index < -0.39 is 0 Å². The molecule has 2 aliphatic heterocycles. The van der Waals surface area contributed by atoms with E-state index in [1.807, 2.05) is 0 Å². The minimum absolute atomic E-state index is 0.921. The minimum Gasteiger partial charge on any atom is -0.355 e. The standard InChI is InChI=1S/C44H40N4/c1-7-25-23(5)35-19-39-27(9-3)28(10-4)40(47-39)20-36-24(6)26(8-2)38(46-36)22-42-44-32-17-13-16-31-29-14-11-12-15-30(29)33(43(31)32)18-34(44)41(48-42)21-37(25)45-35/h11-22,47-48H,7-10H2,1-6H3. The first kappa shape index (κ1) is 29.0. The van der Waals surface area contributed by atoms with Gasteiger partial charge in [0.1, 0.15) is 0 Å². The molecule has 4 heteroatoms. The van der Waals surface area contributed by atoms with Crippen molar-refractivity contribution >= 4 is 65.9 Å². The van der Waals surface area contributed by atoms with Gasteiger partial charge in [-0.05, 0) is 136 Å². The molecule has 0 atom stereocenters. The van der Waals surface area contributed by atoms with Crippen molar-refractivity contribution in [2.45, 2.75) is 67.2 Å². The lowest BCUT2D eigenvalue weighted by Gasteiger charge is -2.05. The van der Waals surface area contributed by atoms with Crippen LogP contribution in [0.15, 0.2) is 72.8 Å². The first-order valence-electron chi connectivity index (χ1n) is 17.6. The maximum Gasteiger partial charge on any atom is 0.0693 e. The molecule has 3 aromatic carbocycles. The molecule has 1 aliphatic carbocycles. The van der Waals surface area contributed by atoms with Crippen molar-refractivity contribution in [1.29, 1.82) is 0 Å². The molecule has 0 fully saturated rings. The van der Waals surface area contributed by atoms with Crippen molar-refractivity contribution in [2.75, 3.05) is 0 Å². The molecule has 236 valence electrons. The summed E-state index contributed by atoms with van der Waals surface area (Å²) >= 11 is 0. The minimum atomic E-state index is 0.921. The maximum atomic E-state index is 5.34. The quantitative estimate of drug-likeness (QED) is 0.205. The molecular weight excluding hydrogens is 585 g/mol. The van der Waals surface area contributed by atoms with E-state index in [0.717, 1.165) is 70.5 Å². The smallest absolute Gasteiger partial charge is 0.0693 e. The Kier molecular flexibility index (Phi) is 6.42. The molecule has 6 aromatic rings. The molecule has 0 spiro atoms. The molecule has 3 aromatic heterocycles. The third kappa shape index (κ3) is 3.95. The Bertz CT molecular complexity index is 2620. The Labute approximate surface area is 281 Å². The van der Waals surface area contributed by atoms with Gasteiger partial charge < -0.3 is 9.97 Å². The van der Waals surface area contributed by atoms with Crippen LogP contribution >= 0.6 is 0 Å². The first-order valence-corrected chi connectivity index (χ1v) is 17.6. The van der Waals surface area contributed by atoms with Gasteiger partial charge in [0.2, 0.25) is 0 Å². The maximum absolute atomic E-state index is 5.34. The fraction of sp³-hybridized carbons (Fsp3) is 0.227. The van der Waals surface area contributed by atoms with Crippen LogP contribution in [0.5, 0.6) is 0 Å². The van der Waals surface area contributed by atoms with E-state index in [4.69, 9.17) is 9.97 Å². The predicted molar refractivity (Wildman–Crippen MR) is 205 cm³/mol. The first-order chi connectivity index (χ1) is 23.4. The van der Waals surface area contributed by atoms with E-state index in [1.54, 1.807) is 0 Å². The van der Waals surface area contributed by atoms with Gasteiger partial charge in [-0.2, -0.15) is 0 Å².